The summed E-state index contributed by atoms with van der Waals surface area (Å²) in [5, 5.41) is 0. The van der Waals surface area contributed by atoms with Crippen molar-refractivity contribution in [2.24, 2.45) is 0 Å². The molecule has 1 heteroatoms. The van der Waals surface area contributed by atoms with Gasteiger partial charge in [0, 0.05) is 19.3 Å². The van der Waals surface area contributed by atoms with Crippen LogP contribution >= 0.6 is 0 Å². The molecule has 0 saturated carbocycles. The number of anilines is 1. The molecule has 0 spiro atoms. The predicted octanol–water partition coefficient (Wildman–Crippen LogP) is 3.66. The Hall–Kier alpha value is -0.980. The number of aryl methyl sites for hydroxylation is 2. The summed E-state index contributed by atoms with van der Waals surface area (Å²) in [6, 6.07) is 6.91. The summed E-state index contributed by atoms with van der Waals surface area (Å²) in [7, 11) is 2.17. The Bertz CT molecular complexity index is 304. The lowest BCUT2D eigenvalue weighted by molar-refractivity contribution is 0.906. The smallest absolute Gasteiger partial charge is 0.0398 e. The highest BCUT2D eigenvalue weighted by Gasteiger charge is 2.05. The van der Waals surface area contributed by atoms with Crippen LogP contribution in [-0.4, -0.2) is 13.6 Å². The lowest BCUT2D eigenvalue weighted by Crippen LogP contribution is -2.17. The average Bonchev–Trinajstić information content (AvgIpc) is 2.28. The topological polar surface area (TPSA) is 3.24 Å². The van der Waals surface area contributed by atoms with Gasteiger partial charge in [-0.3, -0.25) is 0 Å². The van der Waals surface area contributed by atoms with Gasteiger partial charge in [0.05, 0.1) is 0 Å². The van der Waals surface area contributed by atoms with Crippen LogP contribution in [0.3, 0.4) is 0 Å². The zero-order valence-electron chi connectivity index (χ0n) is 10.5. The van der Waals surface area contributed by atoms with Crippen LogP contribution in [0, 0.1) is 0 Å². The van der Waals surface area contributed by atoms with E-state index in [1.165, 1.54) is 29.7 Å². The van der Waals surface area contributed by atoms with Gasteiger partial charge in [-0.1, -0.05) is 32.4 Å². The van der Waals surface area contributed by atoms with Gasteiger partial charge in [-0.2, -0.15) is 0 Å². The first-order valence-corrected chi connectivity index (χ1v) is 6.05. The minimum Gasteiger partial charge on any atom is -0.375 e. The highest BCUT2D eigenvalue weighted by molar-refractivity contribution is 5.55. The van der Waals surface area contributed by atoms with E-state index in [-0.39, 0.29) is 0 Å². The highest BCUT2D eigenvalue weighted by Crippen LogP contribution is 2.22. The van der Waals surface area contributed by atoms with Gasteiger partial charge in [-0.05, 0) is 37.0 Å². The molecule has 0 aliphatic rings. The second-order valence-electron chi connectivity index (χ2n) is 4.08. The molecule has 0 aromatic heterocycles. The van der Waals surface area contributed by atoms with Crippen molar-refractivity contribution in [2.45, 2.75) is 40.0 Å². The van der Waals surface area contributed by atoms with E-state index in [9.17, 15) is 0 Å². The van der Waals surface area contributed by atoms with E-state index in [0.29, 0.717) is 0 Å². The maximum atomic E-state index is 2.35. The standard InChI is InChI=1S/C14H23N/c1-5-8-12-9-10-13(6-2)14(11-12)15(4)7-3/h9-11H,5-8H2,1-4H3. The number of benzene rings is 1. The van der Waals surface area contributed by atoms with Crippen LogP contribution in [0.15, 0.2) is 18.2 Å². The van der Waals surface area contributed by atoms with E-state index < -0.39 is 0 Å². The van der Waals surface area contributed by atoms with Crippen LogP contribution in [0.1, 0.15) is 38.3 Å². The fraction of sp³-hybridized carbons (Fsp3) is 0.571. The van der Waals surface area contributed by atoms with E-state index >= 15 is 0 Å². The van der Waals surface area contributed by atoms with Gasteiger partial charge in [-0.15, -0.1) is 0 Å². The molecule has 0 fully saturated rings. The molecule has 84 valence electrons. The van der Waals surface area contributed by atoms with Crippen molar-refractivity contribution in [1.29, 1.82) is 0 Å². The average molecular weight is 205 g/mol. The first kappa shape index (κ1) is 12.1. The monoisotopic (exact) mass is 205 g/mol. The summed E-state index contributed by atoms with van der Waals surface area (Å²) in [6.07, 6.45) is 3.53. The molecular formula is C14H23N. The molecule has 1 aromatic rings. The third kappa shape index (κ3) is 2.98. The van der Waals surface area contributed by atoms with E-state index in [2.05, 4.69) is 50.9 Å². The molecule has 0 atom stereocenters. The van der Waals surface area contributed by atoms with Crippen LogP contribution < -0.4 is 4.90 Å². The Kier molecular flexibility index (Phi) is 4.67. The second kappa shape index (κ2) is 5.79. The Balaban J connectivity index is 3.01. The molecule has 0 aliphatic heterocycles. The van der Waals surface area contributed by atoms with Crippen LogP contribution in [0.5, 0.6) is 0 Å². The lowest BCUT2D eigenvalue weighted by atomic mass is 10.0. The third-order valence-corrected chi connectivity index (χ3v) is 2.95. The number of rotatable bonds is 5. The fourth-order valence-electron chi connectivity index (χ4n) is 1.88. The van der Waals surface area contributed by atoms with Crippen molar-refractivity contribution < 1.29 is 0 Å². The normalized spacial score (nSPS) is 10.4. The summed E-state index contributed by atoms with van der Waals surface area (Å²) in [5.41, 5.74) is 4.33. The predicted molar refractivity (Wildman–Crippen MR) is 68.8 cm³/mol. The van der Waals surface area contributed by atoms with Crippen LogP contribution in [0.4, 0.5) is 5.69 Å². The molecule has 0 aliphatic carbocycles. The van der Waals surface area contributed by atoms with Crippen molar-refractivity contribution >= 4 is 5.69 Å². The Morgan fingerprint density at radius 1 is 1.13 bits per heavy atom. The summed E-state index contributed by atoms with van der Waals surface area (Å²) in [6.45, 7) is 7.73. The first-order valence-electron chi connectivity index (χ1n) is 6.05. The maximum Gasteiger partial charge on any atom is 0.0398 e. The minimum atomic E-state index is 1.07. The summed E-state index contributed by atoms with van der Waals surface area (Å²) in [4.78, 5) is 2.33. The maximum absolute atomic E-state index is 2.35. The molecule has 0 radical (unpaired) electrons. The Labute approximate surface area is 94.1 Å². The summed E-state index contributed by atoms with van der Waals surface area (Å²) in [5.74, 6) is 0. The summed E-state index contributed by atoms with van der Waals surface area (Å²) >= 11 is 0. The van der Waals surface area contributed by atoms with Crippen molar-refractivity contribution in [3.63, 3.8) is 0 Å². The molecule has 0 heterocycles. The number of nitrogens with zero attached hydrogens (tertiary/aromatic N) is 1. The van der Waals surface area contributed by atoms with Gasteiger partial charge in [-0.25, -0.2) is 0 Å². The molecule has 0 N–H and O–H groups in total. The van der Waals surface area contributed by atoms with Gasteiger partial charge >= 0.3 is 0 Å². The summed E-state index contributed by atoms with van der Waals surface area (Å²) < 4.78 is 0. The molecule has 15 heavy (non-hydrogen) atoms. The molecule has 0 unspecified atom stereocenters. The zero-order chi connectivity index (χ0) is 11.3. The van der Waals surface area contributed by atoms with E-state index in [1.807, 2.05) is 0 Å². The largest absolute Gasteiger partial charge is 0.375 e. The van der Waals surface area contributed by atoms with Gasteiger partial charge in [0.2, 0.25) is 0 Å². The van der Waals surface area contributed by atoms with Gasteiger partial charge in [0.25, 0.3) is 0 Å². The van der Waals surface area contributed by atoms with Gasteiger partial charge < -0.3 is 4.90 Å². The minimum absolute atomic E-state index is 1.07. The van der Waals surface area contributed by atoms with Crippen LogP contribution in [0.2, 0.25) is 0 Å². The zero-order valence-corrected chi connectivity index (χ0v) is 10.5. The second-order valence-corrected chi connectivity index (χ2v) is 4.08. The first-order chi connectivity index (χ1) is 7.22. The lowest BCUT2D eigenvalue weighted by Gasteiger charge is -2.21. The number of hydrogen-bond donors (Lipinski definition) is 0. The van der Waals surface area contributed by atoms with Crippen molar-refractivity contribution in [2.75, 3.05) is 18.5 Å². The molecule has 1 nitrogen and oxygen atoms in total. The van der Waals surface area contributed by atoms with Gasteiger partial charge in [0.1, 0.15) is 0 Å². The van der Waals surface area contributed by atoms with E-state index in [0.717, 1.165) is 13.0 Å². The van der Waals surface area contributed by atoms with E-state index in [1.54, 1.807) is 0 Å². The highest BCUT2D eigenvalue weighted by atomic mass is 15.1. The van der Waals surface area contributed by atoms with Crippen molar-refractivity contribution in [1.82, 2.24) is 0 Å². The van der Waals surface area contributed by atoms with E-state index in [4.69, 9.17) is 0 Å². The third-order valence-electron chi connectivity index (χ3n) is 2.95. The Morgan fingerprint density at radius 2 is 1.87 bits per heavy atom. The molecule has 1 rings (SSSR count). The molecule has 0 bridgehead atoms. The van der Waals surface area contributed by atoms with Crippen LogP contribution in [0.25, 0.3) is 0 Å². The SMILES string of the molecule is CCCc1ccc(CC)c(N(C)CC)c1. The fourth-order valence-corrected chi connectivity index (χ4v) is 1.88. The molecule has 0 saturated heterocycles. The molecule has 0 amide bonds. The molecular weight excluding hydrogens is 182 g/mol. The quantitative estimate of drug-likeness (QED) is 0.709. The number of hydrogen-bond acceptors (Lipinski definition) is 1. The Morgan fingerprint density at radius 3 is 2.40 bits per heavy atom. The van der Waals surface area contributed by atoms with Gasteiger partial charge in [0.15, 0.2) is 0 Å². The molecule has 1 aromatic carbocycles. The van der Waals surface area contributed by atoms with Crippen molar-refractivity contribution in [3.05, 3.63) is 29.3 Å². The van der Waals surface area contributed by atoms with Crippen LogP contribution in [-0.2, 0) is 12.8 Å². The van der Waals surface area contributed by atoms with Crippen molar-refractivity contribution in [3.8, 4) is 0 Å².